The van der Waals surface area contributed by atoms with Crippen molar-refractivity contribution in [3.63, 3.8) is 0 Å². The van der Waals surface area contributed by atoms with Crippen molar-refractivity contribution >= 4 is 38.9 Å². The molecule has 0 bridgehead atoms. The van der Waals surface area contributed by atoms with Crippen LogP contribution in [0.2, 0.25) is 10.0 Å². The van der Waals surface area contributed by atoms with Gasteiger partial charge < -0.3 is 10.8 Å². The third-order valence-corrected chi connectivity index (χ3v) is 5.52. The maximum Gasteiger partial charge on any atom is 0.243 e. The van der Waals surface area contributed by atoms with Crippen molar-refractivity contribution in [3.05, 3.63) is 22.2 Å². The lowest BCUT2D eigenvalue weighted by Gasteiger charge is -2.25. The number of rotatable bonds is 6. The number of hydrogen-bond donors (Lipinski definition) is 3. The molecule has 1 aromatic rings. The summed E-state index contributed by atoms with van der Waals surface area (Å²) in [6, 6.07) is 2.63. The molecule has 0 aliphatic carbocycles. The fourth-order valence-electron chi connectivity index (χ4n) is 1.64. The zero-order valence-corrected chi connectivity index (χ0v) is 13.6. The van der Waals surface area contributed by atoms with Crippen LogP contribution in [-0.2, 0) is 10.0 Å². The molecule has 8 heteroatoms. The van der Waals surface area contributed by atoms with E-state index in [9.17, 15) is 13.5 Å². The van der Waals surface area contributed by atoms with Crippen molar-refractivity contribution < 1.29 is 13.5 Å². The third kappa shape index (κ3) is 3.99. The third-order valence-electron chi connectivity index (χ3n) is 3.20. The summed E-state index contributed by atoms with van der Waals surface area (Å²) in [5.41, 5.74) is 4.71. The average Bonchev–Trinajstić information content (AvgIpc) is 2.34. The molecule has 0 unspecified atom stereocenters. The van der Waals surface area contributed by atoms with Crippen LogP contribution in [0.5, 0.6) is 0 Å². The number of nitrogens with one attached hydrogen (secondary N) is 1. The minimum atomic E-state index is -3.92. The van der Waals surface area contributed by atoms with E-state index in [-0.39, 0.29) is 27.2 Å². The quantitative estimate of drug-likeness (QED) is 0.693. The van der Waals surface area contributed by atoms with Crippen molar-refractivity contribution in [1.82, 2.24) is 4.72 Å². The second kappa shape index (κ2) is 6.49. The fraction of sp³-hybridized carbons (Fsp3) is 0.500. The van der Waals surface area contributed by atoms with Gasteiger partial charge in [-0.05, 0) is 25.0 Å². The van der Waals surface area contributed by atoms with E-state index >= 15 is 0 Å². The lowest BCUT2D eigenvalue weighted by molar-refractivity contribution is 0.0377. The van der Waals surface area contributed by atoms with Crippen molar-refractivity contribution in [1.29, 1.82) is 0 Å². The molecule has 114 valence electrons. The van der Waals surface area contributed by atoms with Gasteiger partial charge in [0.25, 0.3) is 0 Å². The Morgan fingerprint density at radius 1 is 1.25 bits per heavy atom. The monoisotopic (exact) mass is 340 g/mol. The summed E-state index contributed by atoms with van der Waals surface area (Å²) in [4.78, 5) is -0.232. The Hall–Kier alpha value is -0.530. The summed E-state index contributed by atoms with van der Waals surface area (Å²) >= 11 is 11.8. The number of benzene rings is 1. The summed E-state index contributed by atoms with van der Waals surface area (Å²) < 4.78 is 26.8. The van der Waals surface area contributed by atoms with Crippen molar-refractivity contribution in [2.75, 3.05) is 12.3 Å². The van der Waals surface area contributed by atoms with Crippen molar-refractivity contribution in [2.45, 2.75) is 37.2 Å². The van der Waals surface area contributed by atoms with E-state index in [1.807, 2.05) is 0 Å². The van der Waals surface area contributed by atoms with Gasteiger partial charge in [0, 0.05) is 12.2 Å². The van der Waals surface area contributed by atoms with E-state index in [2.05, 4.69) is 4.72 Å². The van der Waals surface area contributed by atoms with Crippen molar-refractivity contribution in [2.24, 2.45) is 0 Å². The topological polar surface area (TPSA) is 92.4 Å². The summed E-state index contributed by atoms with van der Waals surface area (Å²) in [6.07, 6.45) is 0.852. The van der Waals surface area contributed by atoms with Crippen molar-refractivity contribution in [3.8, 4) is 0 Å². The maximum atomic E-state index is 12.2. The molecule has 0 aromatic heterocycles. The van der Waals surface area contributed by atoms with Gasteiger partial charge in [-0.1, -0.05) is 37.0 Å². The molecule has 20 heavy (non-hydrogen) atoms. The summed E-state index contributed by atoms with van der Waals surface area (Å²) in [7, 11) is -3.92. The van der Waals surface area contributed by atoms with Gasteiger partial charge in [0.05, 0.1) is 15.6 Å². The standard InChI is InChI=1S/C12H18Cl2N2O3S/c1-3-12(17,4-2)7-16-20(18,19)11-9(13)5-8(15)6-10(11)14/h5-6,16-17H,3-4,7,15H2,1-2H3. The van der Waals surface area contributed by atoms with Gasteiger partial charge in [0.1, 0.15) is 4.90 Å². The number of nitrogens with two attached hydrogens (primary N) is 1. The first-order chi connectivity index (χ1) is 9.15. The highest BCUT2D eigenvalue weighted by atomic mass is 35.5. The fourth-order valence-corrected chi connectivity index (χ4v) is 3.99. The predicted molar refractivity (Wildman–Crippen MR) is 81.6 cm³/mol. The summed E-state index contributed by atoms with van der Waals surface area (Å²) in [6.45, 7) is 3.45. The van der Waals surface area contributed by atoms with Gasteiger partial charge in [-0.2, -0.15) is 0 Å². The van der Waals surface area contributed by atoms with E-state index in [0.717, 1.165) is 0 Å². The Balaban J connectivity index is 3.07. The Morgan fingerprint density at radius 3 is 2.10 bits per heavy atom. The average molecular weight is 341 g/mol. The molecule has 0 aliphatic rings. The molecule has 4 N–H and O–H groups in total. The lowest BCUT2D eigenvalue weighted by atomic mass is 9.98. The van der Waals surface area contributed by atoms with Crippen LogP contribution >= 0.6 is 23.2 Å². The van der Waals surface area contributed by atoms with Crippen LogP contribution in [0.1, 0.15) is 26.7 Å². The van der Waals surface area contributed by atoms with Gasteiger partial charge >= 0.3 is 0 Å². The van der Waals surface area contributed by atoms with Gasteiger partial charge in [-0.25, -0.2) is 13.1 Å². The van der Waals surface area contributed by atoms with Gasteiger partial charge in [-0.15, -0.1) is 0 Å². The number of sulfonamides is 1. The Kier molecular flexibility index (Phi) is 5.69. The van der Waals surface area contributed by atoms with Gasteiger partial charge in [-0.3, -0.25) is 0 Å². The zero-order valence-electron chi connectivity index (χ0n) is 11.3. The van der Waals surface area contributed by atoms with Crippen LogP contribution in [0.4, 0.5) is 5.69 Å². The molecule has 0 fully saturated rings. The Bertz CT molecular complexity index is 563. The second-order valence-corrected chi connectivity index (χ2v) is 7.09. The maximum absolute atomic E-state index is 12.2. The molecule has 0 heterocycles. The molecular formula is C12H18Cl2N2O3S. The van der Waals surface area contributed by atoms with Crippen LogP contribution in [-0.4, -0.2) is 25.7 Å². The molecule has 5 nitrogen and oxygen atoms in total. The van der Waals surface area contributed by atoms with E-state index in [1.165, 1.54) is 12.1 Å². The minimum absolute atomic E-state index is 0.0564. The minimum Gasteiger partial charge on any atom is -0.399 e. The smallest absolute Gasteiger partial charge is 0.243 e. The molecular weight excluding hydrogens is 323 g/mol. The van der Waals surface area contributed by atoms with Gasteiger partial charge in [0.15, 0.2) is 0 Å². The summed E-state index contributed by atoms with van der Waals surface area (Å²) in [5.74, 6) is 0. The zero-order chi connectivity index (χ0) is 15.6. The largest absolute Gasteiger partial charge is 0.399 e. The number of nitrogen functional groups attached to an aromatic ring is 1. The van der Waals surface area contributed by atoms with Crippen LogP contribution in [0.15, 0.2) is 17.0 Å². The van der Waals surface area contributed by atoms with E-state index < -0.39 is 15.6 Å². The molecule has 0 atom stereocenters. The second-order valence-electron chi connectivity index (χ2n) is 4.57. The molecule has 0 spiro atoms. The normalized spacial score (nSPS) is 12.7. The van der Waals surface area contributed by atoms with Crippen LogP contribution in [0.25, 0.3) is 0 Å². The molecule has 1 aromatic carbocycles. The Morgan fingerprint density at radius 2 is 1.70 bits per heavy atom. The highest BCUT2D eigenvalue weighted by molar-refractivity contribution is 7.89. The predicted octanol–water partition coefficient (Wildman–Crippen LogP) is 2.41. The molecule has 0 radical (unpaired) electrons. The van der Waals surface area contributed by atoms with Gasteiger partial charge in [0.2, 0.25) is 10.0 Å². The first kappa shape index (κ1) is 17.5. The van der Waals surface area contributed by atoms with Crippen LogP contribution in [0.3, 0.4) is 0 Å². The Labute approximate surface area is 129 Å². The highest BCUT2D eigenvalue weighted by Gasteiger charge is 2.28. The molecule has 0 aliphatic heterocycles. The molecule has 0 saturated heterocycles. The molecule has 1 rings (SSSR count). The highest BCUT2D eigenvalue weighted by Crippen LogP contribution is 2.31. The van der Waals surface area contributed by atoms with E-state index in [4.69, 9.17) is 28.9 Å². The first-order valence-electron chi connectivity index (χ1n) is 6.11. The van der Waals surface area contributed by atoms with E-state index in [1.54, 1.807) is 13.8 Å². The van der Waals surface area contributed by atoms with E-state index in [0.29, 0.717) is 12.8 Å². The van der Waals surface area contributed by atoms with Crippen LogP contribution in [0, 0.1) is 0 Å². The lowest BCUT2D eigenvalue weighted by Crippen LogP contribution is -2.42. The first-order valence-corrected chi connectivity index (χ1v) is 8.35. The number of halogens is 2. The number of hydrogen-bond acceptors (Lipinski definition) is 4. The SMILES string of the molecule is CCC(O)(CC)CNS(=O)(=O)c1c(Cl)cc(N)cc1Cl. The van der Waals surface area contributed by atoms with Crippen LogP contribution < -0.4 is 10.5 Å². The molecule has 0 saturated carbocycles. The molecule has 0 amide bonds. The summed E-state index contributed by atoms with van der Waals surface area (Å²) in [5, 5.41) is 10.00. The number of anilines is 1. The number of aliphatic hydroxyl groups is 1.